The summed E-state index contributed by atoms with van der Waals surface area (Å²) >= 11 is 0. The van der Waals surface area contributed by atoms with Crippen LogP contribution in [-0.4, -0.2) is 31.2 Å². The quantitative estimate of drug-likeness (QED) is 0.399. The van der Waals surface area contributed by atoms with E-state index in [-0.39, 0.29) is 29.5 Å². The van der Waals surface area contributed by atoms with Crippen LogP contribution in [-0.2, 0) is 27.6 Å². The van der Waals surface area contributed by atoms with E-state index in [1.165, 1.54) is 12.3 Å². The van der Waals surface area contributed by atoms with Crippen LogP contribution in [0.1, 0.15) is 55.4 Å². The summed E-state index contributed by atoms with van der Waals surface area (Å²) in [5, 5.41) is 9.51. The number of aromatic nitrogens is 2. The van der Waals surface area contributed by atoms with E-state index in [4.69, 9.17) is 9.47 Å². The number of benzene rings is 2. The van der Waals surface area contributed by atoms with Crippen molar-refractivity contribution in [3.8, 4) is 17.6 Å². The van der Waals surface area contributed by atoms with Crippen molar-refractivity contribution in [3.63, 3.8) is 0 Å². The number of nitriles is 1. The molecule has 0 unspecified atom stereocenters. The first-order chi connectivity index (χ1) is 16.5. The van der Waals surface area contributed by atoms with Crippen molar-refractivity contribution >= 4 is 9.84 Å². The maximum Gasteiger partial charge on any atom is 0.172 e. The normalized spacial score (nSPS) is 11.7. The van der Waals surface area contributed by atoms with Crippen molar-refractivity contribution in [2.75, 3.05) is 12.9 Å². The molecule has 184 valence electrons. The molecule has 2 aromatic carbocycles. The number of ether oxygens (including phenoxy) is 2. The van der Waals surface area contributed by atoms with Gasteiger partial charge < -0.3 is 9.47 Å². The van der Waals surface area contributed by atoms with Gasteiger partial charge in [-0.3, -0.25) is 0 Å². The third kappa shape index (κ3) is 6.76. The summed E-state index contributed by atoms with van der Waals surface area (Å²) < 4.78 is 48.9. The second kappa shape index (κ2) is 10.8. The third-order valence-corrected chi connectivity index (χ3v) is 6.24. The molecule has 1 heterocycles. The first-order valence-electron chi connectivity index (χ1n) is 11.1. The van der Waals surface area contributed by atoms with Gasteiger partial charge in [-0.1, -0.05) is 32.9 Å². The highest BCUT2D eigenvalue weighted by molar-refractivity contribution is 7.89. The Balaban J connectivity index is 1.75. The van der Waals surface area contributed by atoms with Crippen molar-refractivity contribution in [2.24, 2.45) is 0 Å². The molecule has 7 nitrogen and oxygen atoms in total. The number of halogens is 1. The summed E-state index contributed by atoms with van der Waals surface area (Å²) in [7, 11) is -3.23. The monoisotopic (exact) mass is 497 g/mol. The van der Waals surface area contributed by atoms with Crippen molar-refractivity contribution in [2.45, 2.75) is 45.0 Å². The van der Waals surface area contributed by atoms with Gasteiger partial charge in [0.1, 0.15) is 30.0 Å². The molecule has 0 aliphatic carbocycles. The molecule has 0 fully saturated rings. The van der Waals surface area contributed by atoms with Crippen LogP contribution < -0.4 is 9.47 Å². The fraction of sp³-hybridized carbons (Fsp3) is 0.346. The SMILES string of the molecule is CCCOc1c(F)cc(C(C)(C)c2ccc(OCc3ccnc(CS(C)(=O)=O)n3)cc2)cc1C#N. The van der Waals surface area contributed by atoms with Crippen molar-refractivity contribution < 1.29 is 22.3 Å². The van der Waals surface area contributed by atoms with Gasteiger partial charge in [0.05, 0.1) is 17.9 Å². The lowest BCUT2D eigenvalue weighted by Gasteiger charge is -2.27. The lowest BCUT2D eigenvalue weighted by molar-refractivity contribution is 0.300. The number of sulfone groups is 1. The molecule has 0 N–H and O–H groups in total. The molecule has 1 aromatic heterocycles. The van der Waals surface area contributed by atoms with Crippen molar-refractivity contribution in [3.05, 3.63) is 82.7 Å². The van der Waals surface area contributed by atoms with E-state index in [9.17, 15) is 18.1 Å². The average Bonchev–Trinajstić information content (AvgIpc) is 2.81. The van der Waals surface area contributed by atoms with Crippen LogP contribution in [0.2, 0.25) is 0 Å². The molecular weight excluding hydrogens is 469 g/mol. The minimum atomic E-state index is -3.23. The van der Waals surface area contributed by atoms with E-state index >= 15 is 0 Å². The highest BCUT2D eigenvalue weighted by Gasteiger charge is 2.26. The maximum atomic E-state index is 14.8. The number of rotatable bonds is 10. The van der Waals surface area contributed by atoms with Gasteiger partial charge in [0.15, 0.2) is 21.4 Å². The Morgan fingerprint density at radius 2 is 1.80 bits per heavy atom. The van der Waals surface area contributed by atoms with Crippen LogP contribution in [0.5, 0.6) is 11.5 Å². The lowest BCUT2D eigenvalue weighted by Crippen LogP contribution is -2.19. The van der Waals surface area contributed by atoms with Gasteiger partial charge in [-0.2, -0.15) is 5.26 Å². The average molecular weight is 498 g/mol. The zero-order chi connectivity index (χ0) is 25.6. The number of hydrogen-bond acceptors (Lipinski definition) is 7. The highest BCUT2D eigenvalue weighted by atomic mass is 32.2. The smallest absolute Gasteiger partial charge is 0.172 e. The molecule has 9 heteroatoms. The van der Waals surface area contributed by atoms with E-state index < -0.39 is 21.1 Å². The molecule has 0 aliphatic heterocycles. The van der Waals surface area contributed by atoms with E-state index in [2.05, 4.69) is 9.97 Å². The Morgan fingerprint density at radius 3 is 2.43 bits per heavy atom. The predicted molar refractivity (Wildman–Crippen MR) is 130 cm³/mol. The Hall–Kier alpha value is -3.51. The summed E-state index contributed by atoms with van der Waals surface area (Å²) in [6.07, 6.45) is 3.35. The highest BCUT2D eigenvalue weighted by Crippen LogP contribution is 2.36. The van der Waals surface area contributed by atoms with Gasteiger partial charge in [-0.15, -0.1) is 0 Å². The Labute approximate surface area is 205 Å². The molecule has 3 aromatic rings. The minimum Gasteiger partial charge on any atom is -0.489 e. The Morgan fingerprint density at radius 1 is 1.09 bits per heavy atom. The molecule has 3 rings (SSSR count). The zero-order valence-corrected chi connectivity index (χ0v) is 21.0. The molecule has 0 saturated carbocycles. The predicted octanol–water partition coefficient (Wildman–Crippen LogP) is 4.73. The molecule has 0 saturated heterocycles. The van der Waals surface area contributed by atoms with E-state index in [1.54, 1.807) is 24.3 Å². The summed E-state index contributed by atoms with van der Waals surface area (Å²) in [5.41, 5.74) is 1.72. The molecule has 0 atom stereocenters. The second-order valence-corrected chi connectivity index (χ2v) is 10.9. The Kier molecular flexibility index (Phi) is 8.07. The first-order valence-corrected chi connectivity index (χ1v) is 13.2. The standard InChI is InChI=1S/C26H28FN3O4S/c1-5-12-33-25-18(15-28)13-20(14-23(25)27)26(2,3)19-6-8-22(9-7-19)34-16-21-10-11-29-24(30-21)17-35(4,31)32/h6-11,13-14H,5,12,16-17H2,1-4H3. The Bertz CT molecular complexity index is 1330. The minimum absolute atomic E-state index is 0.0120. The summed E-state index contributed by atoms with van der Waals surface area (Å²) in [4.78, 5) is 8.22. The summed E-state index contributed by atoms with van der Waals surface area (Å²) in [6.45, 7) is 6.31. The molecule has 35 heavy (non-hydrogen) atoms. The molecule has 0 aliphatic rings. The van der Waals surface area contributed by atoms with Gasteiger partial charge in [0.2, 0.25) is 0 Å². The fourth-order valence-electron chi connectivity index (χ4n) is 3.51. The van der Waals surface area contributed by atoms with Gasteiger partial charge in [-0.05, 0) is 47.9 Å². The first kappa shape index (κ1) is 26.1. The van der Waals surface area contributed by atoms with Gasteiger partial charge in [0, 0.05) is 17.9 Å². The van der Waals surface area contributed by atoms with Gasteiger partial charge in [-0.25, -0.2) is 22.8 Å². The second-order valence-electron chi connectivity index (χ2n) is 8.77. The van der Waals surface area contributed by atoms with Crippen LogP contribution >= 0.6 is 0 Å². The van der Waals surface area contributed by atoms with Crippen LogP contribution in [0.25, 0.3) is 0 Å². The fourth-order valence-corrected chi connectivity index (χ4v) is 4.11. The molecule has 0 amide bonds. The molecule has 0 radical (unpaired) electrons. The summed E-state index contributed by atoms with van der Waals surface area (Å²) in [5.74, 6) is 0.0215. The summed E-state index contributed by atoms with van der Waals surface area (Å²) in [6, 6.07) is 14.2. The molecular formula is C26H28FN3O4S. The van der Waals surface area contributed by atoms with E-state index in [0.29, 0.717) is 30.0 Å². The third-order valence-electron chi connectivity index (χ3n) is 5.45. The largest absolute Gasteiger partial charge is 0.489 e. The van der Waals surface area contributed by atoms with E-state index in [0.717, 1.165) is 11.8 Å². The van der Waals surface area contributed by atoms with E-state index in [1.807, 2.05) is 39.0 Å². The molecule has 0 bridgehead atoms. The van der Waals surface area contributed by atoms with Crippen LogP contribution in [0.15, 0.2) is 48.7 Å². The van der Waals surface area contributed by atoms with Gasteiger partial charge >= 0.3 is 0 Å². The van der Waals surface area contributed by atoms with Crippen LogP contribution in [0, 0.1) is 17.1 Å². The van der Waals surface area contributed by atoms with Crippen molar-refractivity contribution in [1.29, 1.82) is 5.26 Å². The van der Waals surface area contributed by atoms with Crippen LogP contribution in [0.4, 0.5) is 4.39 Å². The number of hydrogen-bond donors (Lipinski definition) is 0. The molecule has 0 spiro atoms. The van der Waals surface area contributed by atoms with Crippen molar-refractivity contribution in [1.82, 2.24) is 9.97 Å². The topological polar surface area (TPSA) is 102 Å². The zero-order valence-electron chi connectivity index (χ0n) is 20.2. The lowest BCUT2D eigenvalue weighted by atomic mass is 9.77. The maximum absolute atomic E-state index is 14.8. The number of nitrogens with zero attached hydrogens (tertiary/aromatic N) is 3. The van der Waals surface area contributed by atoms with Crippen LogP contribution in [0.3, 0.4) is 0 Å². The van der Waals surface area contributed by atoms with Gasteiger partial charge in [0.25, 0.3) is 0 Å².